The molecule has 1 aliphatic heterocycles. The lowest BCUT2D eigenvalue weighted by atomic mass is 10.2. The zero-order valence-electron chi connectivity index (χ0n) is 17.6. The van der Waals surface area contributed by atoms with E-state index in [1.165, 1.54) is 18.2 Å². The van der Waals surface area contributed by atoms with Gasteiger partial charge in [0.25, 0.3) is 0 Å². The van der Waals surface area contributed by atoms with Gasteiger partial charge in [0.1, 0.15) is 0 Å². The van der Waals surface area contributed by atoms with Crippen LogP contribution >= 0.6 is 35.7 Å². The molecule has 1 amide bonds. The molecule has 2 aromatic rings. The van der Waals surface area contributed by atoms with Crippen molar-refractivity contribution in [2.75, 3.05) is 30.7 Å². The summed E-state index contributed by atoms with van der Waals surface area (Å²) >= 11 is 1.94. The van der Waals surface area contributed by atoms with E-state index in [9.17, 15) is 4.79 Å². The summed E-state index contributed by atoms with van der Waals surface area (Å²) in [5, 5.41) is 6.27. The van der Waals surface area contributed by atoms with Crippen LogP contribution in [0.3, 0.4) is 0 Å². The molecule has 0 aromatic heterocycles. The maximum atomic E-state index is 11.3. The van der Waals surface area contributed by atoms with Crippen molar-refractivity contribution >= 4 is 53.3 Å². The summed E-state index contributed by atoms with van der Waals surface area (Å²) in [5.41, 5.74) is 1.90. The third-order valence-electron chi connectivity index (χ3n) is 4.81. The van der Waals surface area contributed by atoms with Crippen LogP contribution in [0.2, 0.25) is 0 Å². The van der Waals surface area contributed by atoms with E-state index < -0.39 is 0 Å². The maximum absolute atomic E-state index is 11.3. The largest absolute Gasteiger partial charge is 0.357 e. The molecular formula is C23H31IN4OS. The van der Waals surface area contributed by atoms with Gasteiger partial charge in [-0.15, -0.1) is 35.7 Å². The van der Waals surface area contributed by atoms with Crippen molar-refractivity contribution in [3.05, 3.63) is 60.2 Å². The number of carbonyl (C=O) groups excluding carboxylic acids is 1. The smallest absolute Gasteiger partial charge is 0.221 e. The average molecular weight is 538 g/mol. The van der Waals surface area contributed by atoms with E-state index in [0.29, 0.717) is 12.5 Å². The molecular weight excluding hydrogens is 507 g/mol. The quantitative estimate of drug-likeness (QED) is 0.229. The van der Waals surface area contributed by atoms with Gasteiger partial charge in [0, 0.05) is 42.9 Å². The maximum Gasteiger partial charge on any atom is 0.221 e. The Morgan fingerprint density at radius 2 is 2.00 bits per heavy atom. The SMILES string of the molecule is CCNC(=NCc1cccc(NC(C)=O)c1)N1CCC(CSc2ccccc2)C1.I. The average Bonchev–Trinajstić information content (AvgIpc) is 3.19. The number of hydrogen-bond donors (Lipinski definition) is 2. The van der Waals surface area contributed by atoms with Crippen molar-refractivity contribution in [3.63, 3.8) is 0 Å². The number of thioether (sulfide) groups is 1. The van der Waals surface area contributed by atoms with Crippen molar-refractivity contribution in [2.45, 2.75) is 31.7 Å². The summed E-state index contributed by atoms with van der Waals surface area (Å²) in [6.45, 7) is 7.15. The molecule has 0 spiro atoms. The van der Waals surface area contributed by atoms with Crippen molar-refractivity contribution in [2.24, 2.45) is 10.9 Å². The third-order valence-corrected chi connectivity index (χ3v) is 6.05. The molecule has 1 unspecified atom stereocenters. The number of guanidine groups is 1. The van der Waals surface area contributed by atoms with Gasteiger partial charge in [-0.2, -0.15) is 0 Å². The molecule has 5 nitrogen and oxygen atoms in total. The van der Waals surface area contributed by atoms with Gasteiger partial charge in [0.2, 0.25) is 5.91 Å². The minimum Gasteiger partial charge on any atom is -0.357 e. The van der Waals surface area contributed by atoms with E-state index in [2.05, 4.69) is 52.8 Å². The van der Waals surface area contributed by atoms with E-state index in [4.69, 9.17) is 4.99 Å². The molecule has 1 saturated heterocycles. The van der Waals surface area contributed by atoms with Crippen LogP contribution in [0.15, 0.2) is 64.5 Å². The van der Waals surface area contributed by atoms with Gasteiger partial charge >= 0.3 is 0 Å². The minimum atomic E-state index is -0.0597. The first-order valence-electron chi connectivity index (χ1n) is 10.2. The molecule has 7 heteroatoms. The molecule has 1 atom stereocenters. The van der Waals surface area contributed by atoms with Crippen LogP contribution in [-0.2, 0) is 11.3 Å². The van der Waals surface area contributed by atoms with Crippen LogP contribution in [0, 0.1) is 5.92 Å². The molecule has 1 aliphatic rings. The van der Waals surface area contributed by atoms with Crippen LogP contribution in [0.25, 0.3) is 0 Å². The van der Waals surface area contributed by atoms with Crippen LogP contribution in [-0.4, -0.2) is 42.2 Å². The number of likely N-dealkylation sites (tertiary alicyclic amines) is 1. The van der Waals surface area contributed by atoms with Crippen molar-refractivity contribution in [1.82, 2.24) is 10.2 Å². The number of nitrogens with one attached hydrogen (secondary N) is 2. The van der Waals surface area contributed by atoms with E-state index >= 15 is 0 Å². The number of carbonyl (C=O) groups is 1. The first-order valence-corrected chi connectivity index (χ1v) is 11.2. The van der Waals surface area contributed by atoms with E-state index in [0.717, 1.165) is 42.6 Å². The van der Waals surface area contributed by atoms with Gasteiger partial charge in [0.15, 0.2) is 5.96 Å². The summed E-state index contributed by atoms with van der Waals surface area (Å²) in [5.74, 6) is 2.73. The Hall–Kier alpha value is -1.74. The fraction of sp³-hybridized carbons (Fsp3) is 0.391. The van der Waals surface area contributed by atoms with Crippen LogP contribution in [0.5, 0.6) is 0 Å². The van der Waals surface area contributed by atoms with Gasteiger partial charge in [-0.05, 0) is 49.1 Å². The van der Waals surface area contributed by atoms with E-state index in [1.54, 1.807) is 0 Å². The lowest BCUT2D eigenvalue weighted by Crippen LogP contribution is -2.40. The van der Waals surface area contributed by atoms with Crippen molar-refractivity contribution in [1.29, 1.82) is 0 Å². The highest BCUT2D eigenvalue weighted by atomic mass is 127. The summed E-state index contributed by atoms with van der Waals surface area (Å²) in [7, 11) is 0. The van der Waals surface area contributed by atoms with Gasteiger partial charge in [-0.3, -0.25) is 4.79 Å². The van der Waals surface area contributed by atoms with E-state index in [-0.39, 0.29) is 29.9 Å². The van der Waals surface area contributed by atoms with Gasteiger partial charge < -0.3 is 15.5 Å². The van der Waals surface area contributed by atoms with Crippen LogP contribution in [0.4, 0.5) is 5.69 Å². The number of nitrogens with zero attached hydrogens (tertiary/aromatic N) is 2. The monoisotopic (exact) mass is 538 g/mol. The van der Waals surface area contributed by atoms with Gasteiger partial charge in [-0.1, -0.05) is 30.3 Å². The highest BCUT2D eigenvalue weighted by Crippen LogP contribution is 2.26. The molecule has 0 aliphatic carbocycles. The number of amides is 1. The summed E-state index contributed by atoms with van der Waals surface area (Å²) in [4.78, 5) is 19.8. The predicted octanol–water partition coefficient (Wildman–Crippen LogP) is 4.84. The number of anilines is 1. The molecule has 0 saturated carbocycles. The summed E-state index contributed by atoms with van der Waals surface area (Å²) < 4.78 is 0. The Morgan fingerprint density at radius 1 is 1.20 bits per heavy atom. The second kappa shape index (κ2) is 12.8. The van der Waals surface area contributed by atoms with Crippen LogP contribution in [0.1, 0.15) is 25.8 Å². The fourth-order valence-corrected chi connectivity index (χ4v) is 4.48. The fourth-order valence-electron chi connectivity index (χ4n) is 3.43. The number of benzene rings is 2. The molecule has 1 fully saturated rings. The molecule has 3 rings (SSSR count). The highest BCUT2D eigenvalue weighted by Gasteiger charge is 2.24. The molecule has 1 heterocycles. The molecule has 0 radical (unpaired) electrons. The standard InChI is InChI=1S/C23H30N4OS.HI/c1-3-24-23(25-15-19-8-7-9-21(14-19)26-18(2)28)27-13-12-20(16-27)17-29-22-10-5-4-6-11-22;/h4-11,14,20H,3,12-13,15-17H2,1-2H3,(H,24,25)(H,26,28);1H. The Morgan fingerprint density at radius 3 is 2.73 bits per heavy atom. The molecule has 30 heavy (non-hydrogen) atoms. The molecule has 0 bridgehead atoms. The summed E-state index contributed by atoms with van der Waals surface area (Å²) in [6.07, 6.45) is 1.20. The van der Waals surface area contributed by atoms with Gasteiger partial charge in [0.05, 0.1) is 6.54 Å². The molecule has 2 N–H and O–H groups in total. The van der Waals surface area contributed by atoms with Gasteiger partial charge in [-0.25, -0.2) is 4.99 Å². The zero-order chi connectivity index (χ0) is 20.5. The second-order valence-electron chi connectivity index (χ2n) is 7.28. The number of rotatable bonds is 7. The zero-order valence-corrected chi connectivity index (χ0v) is 20.8. The molecule has 2 aromatic carbocycles. The third kappa shape index (κ3) is 7.83. The first kappa shape index (κ1) is 24.5. The Kier molecular flexibility index (Phi) is 10.5. The highest BCUT2D eigenvalue weighted by molar-refractivity contribution is 14.0. The second-order valence-corrected chi connectivity index (χ2v) is 8.37. The Balaban J connectivity index is 0.00000320. The first-order chi connectivity index (χ1) is 14.1. The van der Waals surface area contributed by atoms with Crippen molar-refractivity contribution in [3.8, 4) is 0 Å². The normalized spacial score (nSPS) is 16.1. The number of aliphatic imine (C=N–C) groups is 1. The van der Waals surface area contributed by atoms with E-state index in [1.807, 2.05) is 36.0 Å². The Labute approximate surface area is 201 Å². The topological polar surface area (TPSA) is 56.7 Å². The molecule has 162 valence electrons. The predicted molar refractivity (Wildman–Crippen MR) is 138 cm³/mol. The lowest BCUT2D eigenvalue weighted by molar-refractivity contribution is -0.114. The number of halogens is 1. The summed E-state index contributed by atoms with van der Waals surface area (Å²) in [6, 6.07) is 18.5. The lowest BCUT2D eigenvalue weighted by Gasteiger charge is -2.21. The minimum absolute atomic E-state index is 0. The number of hydrogen-bond acceptors (Lipinski definition) is 3. The van der Waals surface area contributed by atoms with Crippen LogP contribution < -0.4 is 10.6 Å². The van der Waals surface area contributed by atoms with Crippen molar-refractivity contribution < 1.29 is 4.79 Å². The Bertz CT molecular complexity index is 831.